The average Bonchev–Trinajstić information content (AvgIpc) is 3.02. The largest absolute Gasteiger partial charge is 0.478 e. The standard InChI is InChI=1S/C16H14N2O5/c1-10-4-2-3-5-12(10)16-17-15(18-23-16)9-22-14-8-21-11(7-19)6-13(14)20/h2-6,8,19H,7,9H2,1H3. The molecular weight excluding hydrogens is 300 g/mol. The van der Waals surface area contributed by atoms with E-state index in [2.05, 4.69) is 10.1 Å². The summed E-state index contributed by atoms with van der Waals surface area (Å²) >= 11 is 0. The Hall–Kier alpha value is -2.93. The molecule has 0 fully saturated rings. The van der Waals surface area contributed by atoms with Gasteiger partial charge in [-0.1, -0.05) is 23.4 Å². The third-order valence-corrected chi connectivity index (χ3v) is 3.21. The minimum Gasteiger partial charge on any atom is -0.478 e. The molecule has 0 unspecified atom stereocenters. The second-order valence-corrected chi connectivity index (χ2v) is 4.85. The van der Waals surface area contributed by atoms with Crippen LogP contribution in [0.1, 0.15) is 17.1 Å². The van der Waals surface area contributed by atoms with Gasteiger partial charge in [0.25, 0.3) is 5.89 Å². The van der Waals surface area contributed by atoms with Crippen LogP contribution in [-0.2, 0) is 13.2 Å². The lowest BCUT2D eigenvalue weighted by atomic mass is 10.1. The molecule has 7 nitrogen and oxygen atoms in total. The van der Waals surface area contributed by atoms with Crippen molar-refractivity contribution in [1.82, 2.24) is 10.1 Å². The van der Waals surface area contributed by atoms with E-state index in [1.807, 2.05) is 31.2 Å². The molecular formula is C16H14N2O5. The molecule has 0 aliphatic carbocycles. The van der Waals surface area contributed by atoms with Gasteiger partial charge >= 0.3 is 0 Å². The first-order chi connectivity index (χ1) is 11.2. The van der Waals surface area contributed by atoms with Gasteiger partial charge in [0.1, 0.15) is 18.6 Å². The lowest BCUT2D eigenvalue weighted by Crippen LogP contribution is -2.08. The zero-order valence-electron chi connectivity index (χ0n) is 12.4. The van der Waals surface area contributed by atoms with Crippen molar-refractivity contribution < 1.29 is 18.8 Å². The van der Waals surface area contributed by atoms with E-state index in [9.17, 15) is 4.79 Å². The molecule has 0 aliphatic rings. The summed E-state index contributed by atoms with van der Waals surface area (Å²) in [5.74, 6) is 0.895. The third kappa shape index (κ3) is 3.29. The fourth-order valence-electron chi connectivity index (χ4n) is 2.00. The van der Waals surface area contributed by atoms with E-state index < -0.39 is 0 Å². The zero-order chi connectivity index (χ0) is 16.2. The number of benzene rings is 1. The first-order valence-corrected chi connectivity index (χ1v) is 6.91. The molecule has 0 atom stereocenters. The number of aliphatic hydroxyl groups is 1. The minimum atomic E-state index is -0.386. The van der Waals surface area contributed by atoms with Crippen LogP contribution in [0.2, 0.25) is 0 Å². The summed E-state index contributed by atoms with van der Waals surface area (Å²) in [4.78, 5) is 16.0. The third-order valence-electron chi connectivity index (χ3n) is 3.21. The van der Waals surface area contributed by atoms with E-state index >= 15 is 0 Å². The van der Waals surface area contributed by atoms with Crippen molar-refractivity contribution in [2.45, 2.75) is 20.1 Å². The van der Waals surface area contributed by atoms with E-state index in [0.29, 0.717) is 11.7 Å². The van der Waals surface area contributed by atoms with Gasteiger partial charge in [0.15, 0.2) is 6.61 Å². The first kappa shape index (κ1) is 15.0. The molecule has 0 bridgehead atoms. The number of hydrogen-bond donors (Lipinski definition) is 1. The molecule has 0 spiro atoms. The molecule has 3 aromatic rings. The molecule has 118 valence electrons. The molecule has 3 rings (SSSR count). The summed E-state index contributed by atoms with van der Waals surface area (Å²) in [5, 5.41) is 12.7. The summed E-state index contributed by atoms with van der Waals surface area (Å²) in [6.45, 7) is 1.57. The Balaban J connectivity index is 1.73. The summed E-state index contributed by atoms with van der Waals surface area (Å²) in [6, 6.07) is 8.81. The highest BCUT2D eigenvalue weighted by molar-refractivity contribution is 5.57. The molecule has 0 aliphatic heterocycles. The Labute approximate surface area is 131 Å². The van der Waals surface area contributed by atoms with E-state index in [1.165, 1.54) is 6.07 Å². The van der Waals surface area contributed by atoms with Gasteiger partial charge in [0.2, 0.25) is 17.0 Å². The van der Waals surface area contributed by atoms with Crippen molar-refractivity contribution in [3.63, 3.8) is 0 Å². The Bertz CT molecular complexity index is 869. The summed E-state index contributed by atoms with van der Waals surface area (Å²) in [6.07, 6.45) is 1.15. The van der Waals surface area contributed by atoms with Crippen LogP contribution >= 0.6 is 0 Å². The quantitative estimate of drug-likeness (QED) is 0.769. The number of aromatic nitrogens is 2. The molecule has 23 heavy (non-hydrogen) atoms. The summed E-state index contributed by atoms with van der Waals surface area (Å²) in [7, 11) is 0. The number of aliphatic hydroxyl groups excluding tert-OH is 1. The van der Waals surface area contributed by atoms with Crippen LogP contribution in [-0.4, -0.2) is 15.2 Å². The second-order valence-electron chi connectivity index (χ2n) is 4.85. The van der Waals surface area contributed by atoms with Gasteiger partial charge in [-0.15, -0.1) is 0 Å². The predicted octanol–water partition coefficient (Wildman–Crippen LogP) is 2.07. The Morgan fingerprint density at radius 1 is 1.30 bits per heavy atom. The Morgan fingerprint density at radius 3 is 2.87 bits per heavy atom. The summed E-state index contributed by atoms with van der Waals surface area (Å²) in [5.41, 5.74) is 1.48. The highest BCUT2D eigenvalue weighted by Crippen LogP contribution is 2.21. The van der Waals surface area contributed by atoms with E-state index in [1.54, 1.807) is 0 Å². The minimum absolute atomic E-state index is 0.0180. The van der Waals surface area contributed by atoms with Gasteiger partial charge in [0.05, 0.1) is 0 Å². The van der Waals surface area contributed by atoms with Crippen LogP contribution in [0.15, 0.2) is 50.3 Å². The van der Waals surface area contributed by atoms with Gasteiger partial charge < -0.3 is 18.8 Å². The SMILES string of the molecule is Cc1ccccc1-c1nc(COc2coc(CO)cc2=O)no1. The average molecular weight is 314 g/mol. The molecule has 0 amide bonds. The van der Waals surface area contributed by atoms with Gasteiger partial charge in [-0.05, 0) is 18.6 Å². The van der Waals surface area contributed by atoms with Crippen molar-refractivity contribution in [1.29, 1.82) is 0 Å². The van der Waals surface area contributed by atoms with Crippen LogP contribution in [0.3, 0.4) is 0 Å². The van der Waals surface area contributed by atoms with Crippen molar-refractivity contribution >= 4 is 0 Å². The van der Waals surface area contributed by atoms with Crippen LogP contribution < -0.4 is 10.2 Å². The van der Waals surface area contributed by atoms with Crippen molar-refractivity contribution in [3.8, 4) is 17.2 Å². The maximum absolute atomic E-state index is 11.7. The van der Waals surface area contributed by atoms with Crippen LogP contribution in [0.25, 0.3) is 11.5 Å². The second kappa shape index (κ2) is 6.45. The molecule has 2 aromatic heterocycles. The fourth-order valence-corrected chi connectivity index (χ4v) is 2.00. The highest BCUT2D eigenvalue weighted by Gasteiger charge is 2.12. The number of aryl methyl sites for hydroxylation is 1. The molecule has 1 aromatic carbocycles. The van der Waals surface area contributed by atoms with Crippen molar-refractivity contribution in [2.24, 2.45) is 0 Å². The number of ether oxygens (including phenoxy) is 1. The van der Waals surface area contributed by atoms with Gasteiger partial charge in [-0.2, -0.15) is 4.98 Å². The van der Waals surface area contributed by atoms with E-state index in [4.69, 9.17) is 18.8 Å². The van der Waals surface area contributed by atoms with Gasteiger partial charge in [-0.25, -0.2) is 0 Å². The van der Waals surface area contributed by atoms with Crippen LogP contribution in [0.4, 0.5) is 0 Å². The van der Waals surface area contributed by atoms with Crippen LogP contribution in [0.5, 0.6) is 5.75 Å². The first-order valence-electron chi connectivity index (χ1n) is 6.91. The van der Waals surface area contributed by atoms with Crippen molar-refractivity contribution in [3.05, 3.63) is 64.0 Å². The normalized spacial score (nSPS) is 10.7. The van der Waals surface area contributed by atoms with Gasteiger partial charge in [-0.3, -0.25) is 4.79 Å². The number of rotatable bonds is 5. The number of hydrogen-bond acceptors (Lipinski definition) is 7. The maximum Gasteiger partial charge on any atom is 0.258 e. The smallest absolute Gasteiger partial charge is 0.258 e. The molecule has 0 saturated heterocycles. The Morgan fingerprint density at radius 2 is 2.13 bits per heavy atom. The lowest BCUT2D eigenvalue weighted by Gasteiger charge is -2.02. The highest BCUT2D eigenvalue weighted by atomic mass is 16.5. The van der Waals surface area contributed by atoms with Crippen LogP contribution in [0, 0.1) is 6.92 Å². The fraction of sp³-hybridized carbons (Fsp3) is 0.188. The van der Waals surface area contributed by atoms with Crippen molar-refractivity contribution in [2.75, 3.05) is 0 Å². The van der Waals surface area contributed by atoms with E-state index in [0.717, 1.165) is 17.4 Å². The Kier molecular flexibility index (Phi) is 4.20. The topological polar surface area (TPSA) is 98.6 Å². The molecule has 7 heteroatoms. The monoisotopic (exact) mass is 314 g/mol. The number of nitrogens with zero attached hydrogens (tertiary/aromatic N) is 2. The molecule has 1 N–H and O–H groups in total. The molecule has 0 saturated carbocycles. The van der Waals surface area contributed by atoms with E-state index in [-0.39, 0.29) is 30.2 Å². The predicted molar refractivity (Wildman–Crippen MR) is 79.7 cm³/mol. The van der Waals surface area contributed by atoms with Gasteiger partial charge in [0, 0.05) is 11.6 Å². The zero-order valence-corrected chi connectivity index (χ0v) is 12.4. The molecule has 2 heterocycles. The molecule has 0 radical (unpaired) electrons. The lowest BCUT2D eigenvalue weighted by molar-refractivity contribution is 0.234. The maximum atomic E-state index is 11.7. The summed E-state index contributed by atoms with van der Waals surface area (Å²) < 4.78 is 15.6.